The minimum Gasteiger partial charge on any atom is -0.382 e. The van der Waals surface area contributed by atoms with Gasteiger partial charge in [0, 0.05) is 23.6 Å². The van der Waals surface area contributed by atoms with Crippen molar-refractivity contribution < 1.29 is 25.8 Å². The van der Waals surface area contributed by atoms with Crippen LogP contribution < -0.4 is 14.7 Å². The number of halogens is 3. The quantitative estimate of drug-likeness (QED) is 0.320. The van der Waals surface area contributed by atoms with Crippen LogP contribution in [-0.4, -0.2) is 33.5 Å². The third kappa shape index (κ3) is 5.92. The van der Waals surface area contributed by atoms with Gasteiger partial charge in [-0.05, 0) is 41.8 Å². The first-order chi connectivity index (χ1) is 14.6. The molecule has 5 nitrogen and oxygen atoms in total. The van der Waals surface area contributed by atoms with Gasteiger partial charge >= 0.3 is 15.6 Å². The molecule has 0 fully saturated rings. The number of aryl methyl sites for hydroxylation is 1. The topological polar surface area (TPSA) is 68.3 Å². The molecule has 0 bridgehead atoms. The maximum atomic E-state index is 13.0. The molecule has 0 spiro atoms. The van der Waals surface area contributed by atoms with Crippen molar-refractivity contribution in [2.24, 2.45) is 0 Å². The summed E-state index contributed by atoms with van der Waals surface area (Å²) in [6, 6.07) is 8.30. The van der Waals surface area contributed by atoms with Crippen LogP contribution in [0.5, 0.6) is 5.75 Å². The van der Waals surface area contributed by atoms with Gasteiger partial charge in [0.25, 0.3) is 0 Å². The Kier molecular flexibility index (Phi) is 7.51. The number of alkyl halides is 3. The zero-order valence-corrected chi connectivity index (χ0v) is 20.9. The number of hydrogen-bond acceptors (Lipinski definition) is 5. The Morgan fingerprint density at radius 2 is 1.78 bits per heavy atom. The lowest BCUT2D eigenvalue weighted by Gasteiger charge is -2.39. The van der Waals surface area contributed by atoms with E-state index in [1.807, 2.05) is 65.1 Å². The zero-order chi connectivity index (χ0) is 24.4. The second kappa shape index (κ2) is 9.26. The van der Waals surface area contributed by atoms with E-state index in [-0.39, 0.29) is 10.8 Å². The van der Waals surface area contributed by atoms with Crippen LogP contribution >= 0.6 is 0 Å². The van der Waals surface area contributed by atoms with E-state index in [4.69, 9.17) is 0 Å². The molecule has 176 valence electrons. The number of nitrogens with zero attached hydrogens (tertiary/aromatic N) is 1. The average Bonchev–Trinajstić information content (AvgIpc) is 2.64. The summed E-state index contributed by atoms with van der Waals surface area (Å²) in [6.07, 6.45) is 5.42. The molecule has 1 aromatic carbocycles. The fraction of sp³-hybridized carbons (Fsp3) is 0.409. The highest BCUT2D eigenvalue weighted by molar-refractivity contribution is 7.88. The molecule has 0 unspecified atom stereocenters. The Hall–Kier alpha value is -2.33. The van der Waals surface area contributed by atoms with Crippen molar-refractivity contribution in [2.45, 2.75) is 51.3 Å². The van der Waals surface area contributed by atoms with Crippen molar-refractivity contribution in [1.82, 2.24) is 4.98 Å². The molecule has 0 aliphatic rings. The minimum absolute atomic E-state index is 0.285. The Morgan fingerprint density at radius 3 is 2.31 bits per heavy atom. The van der Waals surface area contributed by atoms with Crippen LogP contribution in [0.4, 0.5) is 18.9 Å². The van der Waals surface area contributed by atoms with Crippen LogP contribution in [0, 0.1) is 6.92 Å². The average molecular weight is 487 g/mol. The molecule has 0 amide bonds. The van der Waals surface area contributed by atoms with E-state index >= 15 is 0 Å². The summed E-state index contributed by atoms with van der Waals surface area (Å²) in [7, 11) is -8.30. The first-order valence-electron chi connectivity index (χ1n) is 10.0. The Bertz CT molecular complexity index is 1080. The lowest BCUT2D eigenvalue weighted by Crippen LogP contribution is -2.51. The highest BCUT2D eigenvalue weighted by atomic mass is 32.2. The van der Waals surface area contributed by atoms with E-state index in [1.165, 1.54) is 12.1 Å². The summed E-state index contributed by atoms with van der Waals surface area (Å²) in [5, 5.41) is 3.41. The third-order valence-corrected chi connectivity index (χ3v) is 12.1. The number of pyridine rings is 1. The van der Waals surface area contributed by atoms with Gasteiger partial charge in [0.1, 0.15) is 5.75 Å². The zero-order valence-electron chi connectivity index (χ0n) is 19.0. The molecule has 0 aliphatic carbocycles. The van der Waals surface area contributed by atoms with Crippen LogP contribution in [0.25, 0.3) is 6.08 Å². The smallest absolute Gasteiger partial charge is 0.382 e. The standard InChI is InChI=1S/C22H29F3N2O3SSi/c1-16-12-13-17(27-15-16)9-8-14-26-18-10-7-11-19(30-31(28,29)22(23,24)25)20(18)32(5,6)21(2,3)4/h7-13,15,26H,14H2,1-6H3/b9-8+. The molecule has 0 radical (unpaired) electrons. The van der Waals surface area contributed by atoms with E-state index in [2.05, 4.69) is 14.5 Å². The SMILES string of the molecule is Cc1ccc(/C=C/CNc2cccc(OS(=O)(=O)C(F)(F)F)c2[Si](C)(C)C(C)(C)C)nc1. The molecule has 2 rings (SSSR count). The normalized spacial score (nSPS) is 13.4. The van der Waals surface area contributed by atoms with Crippen molar-refractivity contribution in [1.29, 1.82) is 0 Å². The summed E-state index contributed by atoms with van der Waals surface area (Å²) in [5.41, 5.74) is -3.14. The molecule has 0 saturated heterocycles. The van der Waals surface area contributed by atoms with Gasteiger partial charge in [-0.25, -0.2) is 0 Å². The lowest BCUT2D eigenvalue weighted by molar-refractivity contribution is -0.0499. The van der Waals surface area contributed by atoms with Crippen molar-refractivity contribution in [2.75, 3.05) is 11.9 Å². The van der Waals surface area contributed by atoms with Crippen molar-refractivity contribution in [3.63, 3.8) is 0 Å². The van der Waals surface area contributed by atoms with Gasteiger partial charge in [-0.15, -0.1) is 0 Å². The van der Waals surface area contributed by atoms with E-state index < -0.39 is 23.7 Å². The fourth-order valence-electron chi connectivity index (χ4n) is 2.86. The fourth-order valence-corrected chi connectivity index (χ4v) is 5.75. The number of hydrogen-bond donors (Lipinski definition) is 1. The maximum Gasteiger partial charge on any atom is 0.534 e. The van der Waals surface area contributed by atoms with Gasteiger partial charge in [-0.2, -0.15) is 21.6 Å². The van der Waals surface area contributed by atoms with Gasteiger partial charge in [-0.3, -0.25) is 4.98 Å². The van der Waals surface area contributed by atoms with Crippen LogP contribution in [0.15, 0.2) is 42.6 Å². The molecule has 0 atom stereocenters. The molecule has 1 heterocycles. The Labute approximate surface area is 188 Å². The molecule has 1 aromatic heterocycles. The van der Waals surface area contributed by atoms with E-state index in [9.17, 15) is 21.6 Å². The minimum atomic E-state index is -5.79. The molecular weight excluding hydrogens is 457 g/mol. The summed E-state index contributed by atoms with van der Waals surface area (Å²) in [4.78, 5) is 4.29. The van der Waals surface area contributed by atoms with Crippen LogP contribution in [0.1, 0.15) is 32.0 Å². The van der Waals surface area contributed by atoms with Gasteiger partial charge in [0.05, 0.1) is 13.8 Å². The van der Waals surface area contributed by atoms with Crippen LogP contribution in [-0.2, 0) is 10.1 Å². The van der Waals surface area contributed by atoms with Crippen molar-refractivity contribution >= 4 is 35.1 Å². The predicted octanol–water partition coefficient (Wildman–Crippen LogP) is 5.46. The molecule has 10 heteroatoms. The number of nitrogens with one attached hydrogen (secondary N) is 1. The van der Waals surface area contributed by atoms with Gasteiger partial charge < -0.3 is 9.50 Å². The Morgan fingerprint density at radius 1 is 1.12 bits per heavy atom. The molecular formula is C22H29F3N2O3SSi. The second-order valence-corrected chi connectivity index (χ2v) is 15.9. The second-order valence-electron chi connectivity index (χ2n) is 9.08. The molecule has 0 aliphatic heterocycles. The number of anilines is 1. The van der Waals surface area contributed by atoms with Gasteiger partial charge in [-0.1, -0.05) is 52.1 Å². The van der Waals surface area contributed by atoms with E-state index in [0.717, 1.165) is 11.3 Å². The number of benzene rings is 1. The van der Waals surface area contributed by atoms with E-state index in [1.54, 1.807) is 12.3 Å². The van der Waals surface area contributed by atoms with Crippen molar-refractivity contribution in [3.05, 3.63) is 53.9 Å². The summed E-state index contributed by atoms with van der Waals surface area (Å²) in [6.45, 7) is 12.2. The van der Waals surface area contributed by atoms with Crippen LogP contribution in [0.3, 0.4) is 0 Å². The van der Waals surface area contributed by atoms with Crippen molar-refractivity contribution in [3.8, 4) is 5.75 Å². The summed E-state index contributed by atoms with van der Waals surface area (Å²) < 4.78 is 67.0. The van der Waals surface area contributed by atoms with Gasteiger partial charge in [0.2, 0.25) is 0 Å². The van der Waals surface area contributed by atoms with Crippen LogP contribution in [0.2, 0.25) is 18.1 Å². The highest BCUT2D eigenvalue weighted by Gasteiger charge is 2.50. The molecule has 0 saturated carbocycles. The Balaban J connectivity index is 2.43. The summed E-state index contributed by atoms with van der Waals surface area (Å²) >= 11 is 0. The van der Waals surface area contributed by atoms with Gasteiger partial charge in [0.15, 0.2) is 0 Å². The number of rotatable bonds is 7. The predicted molar refractivity (Wildman–Crippen MR) is 125 cm³/mol. The third-order valence-electron chi connectivity index (χ3n) is 5.64. The summed E-state index contributed by atoms with van der Waals surface area (Å²) in [5.74, 6) is -0.289. The molecule has 1 N–H and O–H groups in total. The lowest BCUT2D eigenvalue weighted by atomic mass is 10.2. The first-order valence-corrected chi connectivity index (χ1v) is 14.4. The number of aromatic nitrogens is 1. The largest absolute Gasteiger partial charge is 0.534 e. The monoisotopic (exact) mass is 486 g/mol. The first kappa shape index (κ1) is 25.9. The molecule has 2 aromatic rings. The molecule has 32 heavy (non-hydrogen) atoms. The highest BCUT2D eigenvalue weighted by Crippen LogP contribution is 2.40. The van der Waals surface area contributed by atoms with E-state index in [0.29, 0.717) is 17.4 Å². The maximum absolute atomic E-state index is 13.0.